The van der Waals surface area contributed by atoms with E-state index >= 15 is 0 Å². The van der Waals surface area contributed by atoms with Gasteiger partial charge < -0.3 is 0 Å². The molecule has 41 valence electrons. The fourth-order valence-electron chi connectivity index (χ4n) is 0.455. The summed E-state index contributed by atoms with van der Waals surface area (Å²) in [5.74, 6) is 0.275. The van der Waals surface area contributed by atoms with Gasteiger partial charge in [0.25, 0.3) is 0 Å². The maximum atomic E-state index is 6.98. The van der Waals surface area contributed by atoms with E-state index in [9.17, 15) is 0 Å². The predicted octanol–water partition coefficient (Wildman–Crippen LogP) is 0.699. The molecule has 0 aliphatic rings. The Morgan fingerprint density at radius 1 is 1.50 bits per heavy atom. The molecule has 0 unspecified atom stereocenters. The summed E-state index contributed by atoms with van der Waals surface area (Å²) in [7, 11) is 0. The molecule has 8 heavy (non-hydrogen) atoms. The minimum absolute atomic E-state index is 0.275. The second kappa shape index (κ2) is 1.78. The van der Waals surface area contributed by atoms with E-state index in [2.05, 4.69) is 9.97 Å². The van der Waals surface area contributed by atoms with Crippen molar-refractivity contribution in [3.63, 3.8) is 0 Å². The van der Waals surface area contributed by atoms with Gasteiger partial charge >= 0.3 is 0 Å². The predicted molar refractivity (Wildman–Crippen MR) is 29.5 cm³/mol. The average molecular weight is 108 g/mol. The average Bonchev–Trinajstić information content (AvgIpc) is 1.64. The van der Waals surface area contributed by atoms with Crippen molar-refractivity contribution >= 4 is 5.82 Å². The van der Waals surface area contributed by atoms with E-state index in [1.807, 2.05) is 6.92 Å². The van der Waals surface area contributed by atoms with E-state index in [1.54, 1.807) is 6.07 Å². The van der Waals surface area contributed by atoms with Gasteiger partial charge in [-0.05, 0) is 6.92 Å². The van der Waals surface area contributed by atoms with Crippen LogP contribution in [0.1, 0.15) is 5.69 Å². The third-order valence-corrected chi connectivity index (χ3v) is 0.804. The Bertz CT molecular complexity index is 168. The number of hydrogen-bond acceptors (Lipinski definition) is 2. The van der Waals surface area contributed by atoms with Gasteiger partial charge in [0.2, 0.25) is 0 Å². The molecule has 0 aromatic carbocycles. The number of rotatable bonds is 0. The number of nitrogens with one attached hydrogen (secondary N) is 1. The summed E-state index contributed by atoms with van der Waals surface area (Å²) in [4.78, 5) is 7.40. The van der Waals surface area contributed by atoms with Crippen molar-refractivity contribution in [1.82, 2.24) is 15.7 Å². The molecular weight excluding hydrogens is 102 g/mol. The smallest absolute Gasteiger partial charge is 0.148 e. The van der Waals surface area contributed by atoms with Crippen LogP contribution in [-0.2, 0) is 0 Å². The van der Waals surface area contributed by atoms with Crippen LogP contribution < -0.4 is 5.73 Å². The van der Waals surface area contributed by atoms with Crippen LogP contribution in [0.2, 0.25) is 0 Å². The molecule has 1 aromatic rings. The number of aromatic nitrogens is 2. The highest BCUT2D eigenvalue weighted by Crippen LogP contribution is 1.96. The molecular formula is C5H6N3. The van der Waals surface area contributed by atoms with Crippen molar-refractivity contribution in [2.24, 2.45) is 0 Å². The fraction of sp³-hybridized carbons (Fsp3) is 0.200. The zero-order valence-electron chi connectivity index (χ0n) is 4.55. The molecule has 0 spiro atoms. The van der Waals surface area contributed by atoms with Gasteiger partial charge in [-0.1, -0.05) is 0 Å². The summed E-state index contributed by atoms with van der Waals surface area (Å²) in [6.07, 6.45) is 1.39. The Hall–Kier alpha value is -1.12. The van der Waals surface area contributed by atoms with E-state index in [0.717, 1.165) is 5.69 Å². The van der Waals surface area contributed by atoms with Crippen LogP contribution >= 0.6 is 0 Å². The highest BCUT2D eigenvalue weighted by molar-refractivity contribution is 5.22. The van der Waals surface area contributed by atoms with Gasteiger partial charge in [0, 0.05) is 11.8 Å². The summed E-state index contributed by atoms with van der Waals surface area (Å²) in [6, 6.07) is 1.61. The Balaban J connectivity index is 3.08. The molecule has 3 heteroatoms. The molecule has 3 nitrogen and oxygen atoms in total. The maximum absolute atomic E-state index is 6.98. The van der Waals surface area contributed by atoms with Crippen LogP contribution in [0.5, 0.6) is 0 Å². The minimum Gasteiger partial charge on any atom is -0.283 e. The first-order valence-electron chi connectivity index (χ1n) is 2.29. The first kappa shape index (κ1) is 5.03. The summed E-state index contributed by atoms with van der Waals surface area (Å²) in [5.41, 5.74) is 7.82. The van der Waals surface area contributed by atoms with E-state index < -0.39 is 0 Å². The zero-order chi connectivity index (χ0) is 5.98. The van der Waals surface area contributed by atoms with Crippen molar-refractivity contribution in [1.29, 1.82) is 0 Å². The van der Waals surface area contributed by atoms with Crippen molar-refractivity contribution in [2.75, 3.05) is 0 Å². The molecule has 0 aliphatic heterocycles. The van der Waals surface area contributed by atoms with Gasteiger partial charge in [-0.2, -0.15) is 0 Å². The van der Waals surface area contributed by atoms with Crippen LogP contribution in [0, 0.1) is 6.92 Å². The van der Waals surface area contributed by atoms with Crippen LogP contribution in [0.15, 0.2) is 12.4 Å². The zero-order valence-corrected chi connectivity index (χ0v) is 4.55. The van der Waals surface area contributed by atoms with Gasteiger partial charge in [-0.25, -0.2) is 9.97 Å². The molecule has 1 heterocycles. The molecule has 0 atom stereocenters. The van der Waals surface area contributed by atoms with Crippen LogP contribution in [0.4, 0.5) is 5.82 Å². The lowest BCUT2D eigenvalue weighted by atomic mass is 10.4. The Morgan fingerprint density at radius 2 is 2.25 bits per heavy atom. The summed E-state index contributed by atoms with van der Waals surface area (Å²) in [5, 5.41) is 0. The molecule has 0 aliphatic carbocycles. The van der Waals surface area contributed by atoms with Crippen molar-refractivity contribution < 1.29 is 0 Å². The fourth-order valence-corrected chi connectivity index (χ4v) is 0.455. The SMILES string of the molecule is Cc1cc([NH])ncn1. The lowest BCUT2D eigenvalue weighted by molar-refractivity contribution is 1.08. The Morgan fingerprint density at radius 3 is 2.62 bits per heavy atom. The lowest BCUT2D eigenvalue weighted by Gasteiger charge is -1.88. The molecule has 0 amide bonds. The molecule has 0 saturated heterocycles. The highest BCUT2D eigenvalue weighted by Gasteiger charge is 1.84. The summed E-state index contributed by atoms with van der Waals surface area (Å²) < 4.78 is 0. The van der Waals surface area contributed by atoms with Crippen LogP contribution in [0.3, 0.4) is 0 Å². The van der Waals surface area contributed by atoms with Crippen molar-refractivity contribution in [3.8, 4) is 0 Å². The Kier molecular flexibility index (Phi) is 1.12. The van der Waals surface area contributed by atoms with Gasteiger partial charge in [0.1, 0.15) is 12.1 Å². The number of hydrogen-bond donors (Lipinski definition) is 0. The molecule has 1 N–H and O–H groups in total. The van der Waals surface area contributed by atoms with Crippen LogP contribution in [0.25, 0.3) is 0 Å². The van der Waals surface area contributed by atoms with Gasteiger partial charge in [0.15, 0.2) is 0 Å². The normalized spacial score (nSPS) is 9.12. The summed E-state index contributed by atoms with van der Waals surface area (Å²) >= 11 is 0. The standard InChI is InChI=1S/C5H6N3/c1-4-2-5(6)8-3-7-4/h2-3,6H,1H3. The van der Waals surface area contributed by atoms with Crippen molar-refractivity contribution in [2.45, 2.75) is 6.92 Å². The van der Waals surface area contributed by atoms with Gasteiger partial charge in [-0.15, -0.1) is 0 Å². The number of aryl methyl sites for hydroxylation is 1. The monoisotopic (exact) mass is 108 g/mol. The van der Waals surface area contributed by atoms with E-state index in [0.29, 0.717) is 0 Å². The van der Waals surface area contributed by atoms with E-state index in [4.69, 9.17) is 5.73 Å². The first-order chi connectivity index (χ1) is 3.79. The third kappa shape index (κ3) is 0.932. The molecule has 0 bridgehead atoms. The lowest BCUT2D eigenvalue weighted by Crippen LogP contribution is -1.82. The maximum Gasteiger partial charge on any atom is 0.148 e. The topological polar surface area (TPSA) is 49.6 Å². The third-order valence-electron chi connectivity index (χ3n) is 0.804. The van der Waals surface area contributed by atoms with E-state index in [-0.39, 0.29) is 5.82 Å². The minimum atomic E-state index is 0.275. The quantitative estimate of drug-likeness (QED) is 0.491. The molecule has 1 rings (SSSR count). The van der Waals surface area contributed by atoms with Gasteiger partial charge in [0.05, 0.1) is 0 Å². The Labute approximate surface area is 47.6 Å². The van der Waals surface area contributed by atoms with Crippen molar-refractivity contribution in [3.05, 3.63) is 18.1 Å². The molecule has 0 saturated carbocycles. The molecule has 1 radical (unpaired) electrons. The summed E-state index contributed by atoms with van der Waals surface area (Å²) in [6.45, 7) is 1.83. The largest absolute Gasteiger partial charge is 0.283 e. The molecule has 1 aromatic heterocycles. The second-order valence-electron chi connectivity index (χ2n) is 1.54. The van der Waals surface area contributed by atoms with Crippen LogP contribution in [-0.4, -0.2) is 9.97 Å². The van der Waals surface area contributed by atoms with Gasteiger partial charge in [-0.3, -0.25) is 5.73 Å². The highest BCUT2D eigenvalue weighted by atomic mass is 14.9. The number of nitrogens with zero attached hydrogens (tertiary/aromatic N) is 2. The second-order valence-corrected chi connectivity index (χ2v) is 1.54. The van der Waals surface area contributed by atoms with E-state index in [1.165, 1.54) is 6.33 Å². The first-order valence-corrected chi connectivity index (χ1v) is 2.29. The molecule has 0 fully saturated rings.